The van der Waals surface area contributed by atoms with Gasteiger partial charge in [-0.15, -0.1) is 0 Å². The van der Waals surface area contributed by atoms with Gasteiger partial charge in [0.15, 0.2) is 58.7 Å². The highest BCUT2D eigenvalue weighted by Gasteiger charge is 2.32. The van der Waals surface area contributed by atoms with Gasteiger partial charge in [-0.2, -0.15) is 0 Å². The van der Waals surface area contributed by atoms with Gasteiger partial charge in [-0.1, -0.05) is 143 Å². The van der Waals surface area contributed by atoms with Crippen LogP contribution in [0.15, 0.2) is 362 Å². The molecule has 0 fully saturated rings. The van der Waals surface area contributed by atoms with Crippen LogP contribution < -0.4 is 9.47 Å². The van der Waals surface area contributed by atoms with E-state index >= 15 is 0 Å². The lowest BCUT2D eigenvalue weighted by atomic mass is 10.2. The summed E-state index contributed by atoms with van der Waals surface area (Å²) >= 11 is 0. The zero-order valence-electron chi connectivity index (χ0n) is 48.3. The minimum atomic E-state index is -0.189. The van der Waals surface area contributed by atoms with Gasteiger partial charge in [-0.3, -0.25) is 0 Å². The largest absolute Gasteiger partial charge is 0.457 e. The van der Waals surface area contributed by atoms with Gasteiger partial charge in [0.05, 0.1) is 43.6 Å². The molecule has 0 amide bonds. The quantitative estimate of drug-likeness (QED) is 0.0898. The summed E-state index contributed by atoms with van der Waals surface area (Å²) < 4.78 is 12.6. The highest BCUT2D eigenvalue weighted by molar-refractivity contribution is 7.98. The lowest BCUT2D eigenvalue weighted by molar-refractivity contribution is 0.481. The Kier molecular flexibility index (Phi) is 18.7. The molecule has 0 aliphatic heterocycles. The molecule has 12 aromatic carbocycles. The third-order valence-corrected chi connectivity index (χ3v) is 23.1. The number of hydrogen-bond donors (Lipinski definition) is 0. The van der Waals surface area contributed by atoms with Gasteiger partial charge >= 0.3 is 0 Å². The fourth-order valence-electron chi connectivity index (χ4n) is 9.64. The van der Waals surface area contributed by atoms with E-state index in [1.165, 1.54) is 92.1 Å². The Balaban J connectivity index is 0.000000176. The summed E-state index contributed by atoms with van der Waals surface area (Å²) in [5.74, 6) is 3.35. The Labute approximate surface area is 509 Å². The lowest BCUT2D eigenvalue weighted by Crippen LogP contribution is -2.05. The highest BCUT2D eigenvalue weighted by Crippen LogP contribution is 2.38. The second-order valence-electron chi connectivity index (χ2n) is 20.8. The van der Waals surface area contributed by atoms with E-state index in [1.807, 2.05) is 0 Å². The van der Waals surface area contributed by atoms with E-state index in [2.05, 4.69) is 345 Å². The van der Waals surface area contributed by atoms with Crippen molar-refractivity contribution in [1.82, 2.24) is 0 Å². The van der Waals surface area contributed by atoms with E-state index in [4.69, 9.17) is 9.47 Å². The fourth-order valence-corrected chi connectivity index (χ4v) is 17.8. The van der Waals surface area contributed by atoms with Crippen molar-refractivity contribution in [2.45, 2.75) is 100 Å². The third-order valence-electron chi connectivity index (χ3n) is 14.2. The molecule has 0 saturated heterocycles. The smallest absolute Gasteiger partial charge is 0.166 e. The number of ether oxygens (including phenoxy) is 2. The molecule has 2 atom stereocenters. The topological polar surface area (TPSA) is 18.5 Å². The van der Waals surface area contributed by atoms with Crippen LogP contribution >= 0.6 is 0 Å². The summed E-state index contributed by atoms with van der Waals surface area (Å²) in [7, 11) is -0.735. The molecule has 0 aliphatic carbocycles. The van der Waals surface area contributed by atoms with Crippen LogP contribution in [0.3, 0.4) is 0 Å². The van der Waals surface area contributed by atoms with Crippen molar-refractivity contribution in [3.63, 3.8) is 0 Å². The van der Waals surface area contributed by atoms with Crippen molar-refractivity contribution in [1.29, 1.82) is 0 Å². The standard InChI is InChI=1S/C40H36OS2.C38H32OS2/c1-29-5-17-35(18-6-29)42(36-19-7-30(2)8-20-36)39-25-13-33(14-26-39)41-34-15-27-40(28-16-34)43(37-21-9-31(3)10-22-37)38-23-11-32(4)12-24-38;1-29-13-21-35(22-14-29)40(33-9-5-3-6-10-33)37-25-17-31(18-26-37)39-32-19-27-38(28-20-32)41(34-11-7-4-8-12-34)36-23-15-30(2)16-24-36/h5-28H,1-4H3;3-28H,1-2H3/q2*+2. The van der Waals surface area contributed by atoms with Gasteiger partial charge in [-0.25, -0.2) is 0 Å². The normalized spacial score (nSPS) is 11.8. The van der Waals surface area contributed by atoms with Gasteiger partial charge in [0.25, 0.3) is 0 Å². The van der Waals surface area contributed by atoms with Crippen molar-refractivity contribution in [3.8, 4) is 23.0 Å². The fraction of sp³-hybridized carbons (Fsp3) is 0.0769. The first-order chi connectivity index (χ1) is 41.1. The summed E-state index contributed by atoms with van der Waals surface area (Å²) in [5, 5.41) is 0. The minimum absolute atomic E-state index is 0.179. The van der Waals surface area contributed by atoms with Gasteiger partial charge in [0.2, 0.25) is 0 Å². The zero-order chi connectivity index (χ0) is 57.8. The van der Waals surface area contributed by atoms with Crippen LogP contribution in [0.25, 0.3) is 0 Å². The average Bonchev–Trinajstić information content (AvgIpc) is 3.72. The number of hydrogen-bond acceptors (Lipinski definition) is 2. The van der Waals surface area contributed by atoms with Crippen LogP contribution in [0.4, 0.5) is 0 Å². The first kappa shape index (κ1) is 57.5. The zero-order valence-corrected chi connectivity index (χ0v) is 51.6. The molecule has 0 bridgehead atoms. The Morgan fingerprint density at radius 2 is 0.286 bits per heavy atom. The van der Waals surface area contributed by atoms with Crippen molar-refractivity contribution >= 4 is 43.6 Å². The Hall–Kier alpha value is -8.36. The molecule has 0 saturated carbocycles. The van der Waals surface area contributed by atoms with Crippen molar-refractivity contribution in [2.75, 3.05) is 0 Å². The second kappa shape index (κ2) is 27.4. The van der Waals surface area contributed by atoms with E-state index in [0.29, 0.717) is 0 Å². The van der Waals surface area contributed by atoms with Crippen LogP contribution in [0.1, 0.15) is 33.4 Å². The molecule has 412 valence electrons. The molecule has 0 radical (unpaired) electrons. The molecule has 0 spiro atoms. The molecular formula is C78H68O2S4+4. The van der Waals surface area contributed by atoms with Crippen molar-refractivity contribution in [3.05, 3.63) is 337 Å². The van der Waals surface area contributed by atoms with E-state index in [1.54, 1.807) is 0 Å². The van der Waals surface area contributed by atoms with Crippen molar-refractivity contribution < 1.29 is 9.47 Å². The predicted molar refractivity (Wildman–Crippen MR) is 355 cm³/mol. The molecular weight excluding hydrogens is 1100 g/mol. The average molecular weight is 1170 g/mol. The monoisotopic (exact) mass is 1160 g/mol. The first-order valence-corrected chi connectivity index (χ1v) is 33.2. The van der Waals surface area contributed by atoms with E-state index < -0.39 is 0 Å². The van der Waals surface area contributed by atoms with Gasteiger partial charge in [0.1, 0.15) is 23.0 Å². The molecule has 6 heteroatoms. The molecule has 0 heterocycles. The molecule has 2 nitrogen and oxygen atoms in total. The number of aryl methyl sites for hydroxylation is 6. The van der Waals surface area contributed by atoms with E-state index in [9.17, 15) is 0 Å². The first-order valence-electron chi connectivity index (χ1n) is 28.3. The Morgan fingerprint density at radius 1 is 0.155 bits per heavy atom. The third kappa shape index (κ3) is 14.5. The van der Waals surface area contributed by atoms with E-state index in [-0.39, 0.29) is 43.6 Å². The maximum absolute atomic E-state index is 6.34. The SMILES string of the molecule is Cc1ccc([S+](c2ccc(C)cc2)c2ccc(Oc3ccc([S+](c4ccc(C)cc4)c4ccc(C)cc4)cc3)cc2)cc1.Cc1ccc([S+](c2ccccc2)c2ccc(Oc3ccc([S+](c4ccccc4)c4ccc(C)cc4)cc3)cc2)cc1. The van der Waals surface area contributed by atoms with Gasteiger partial charge in [0, 0.05) is 0 Å². The minimum Gasteiger partial charge on any atom is -0.457 e. The van der Waals surface area contributed by atoms with Crippen LogP contribution in [-0.2, 0) is 43.6 Å². The van der Waals surface area contributed by atoms with Gasteiger partial charge in [-0.05, 0) is 236 Å². The summed E-state index contributed by atoms with van der Waals surface area (Å²) in [5.41, 5.74) is 7.64. The summed E-state index contributed by atoms with van der Waals surface area (Å²) in [6, 6.07) is 109. The molecule has 12 rings (SSSR count). The van der Waals surface area contributed by atoms with Crippen LogP contribution in [-0.4, -0.2) is 0 Å². The van der Waals surface area contributed by atoms with Crippen molar-refractivity contribution in [2.24, 2.45) is 0 Å². The molecule has 0 N–H and O–H groups in total. The predicted octanol–water partition coefficient (Wildman–Crippen LogP) is 21.2. The molecule has 0 aromatic heterocycles. The van der Waals surface area contributed by atoms with Crippen LogP contribution in [0, 0.1) is 41.5 Å². The number of benzene rings is 12. The Morgan fingerprint density at radius 3 is 0.440 bits per heavy atom. The molecule has 84 heavy (non-hydrogen) atoms. The number of rotatable bonds is 16. The summed E-state index contributed by atoms with van der Waals surface area (Å²) in [4.78, 5) is 15.6. The second-order valence-corrected chi connectivity index (χ2v) is 28.9. The molecule has 2 unspecified atom stereocenters. The van der Waals surface area contributed by atoms with Crippen LogP contribution in [0.5, 0.6) is 23.0 Å². The van der Waals surface area contributed by atoms with Crippen LogP contribution in [0.2, 0.25) is 0 Å². The summed E-state index contributed by atoms with van der Waals surface area (Å²) in [6.07, 6.45) is 0. The maximum atomic E-state index is 6.34. The lowest BCUT2D eigenvalue weighted by Gasteiger charge is -2.11. The van der Waals surface area contributed by atoms with E-state index in [0.717, 1.165) is 23.0 Å². The van der Waals surface area contributed by atoms with Gasteiger partial charge < -0.3 is 9.47 Å². The molecule has 12 aromatic rings. The summed E-state index contributed by atoms with van der Waals surface area (Å²) in [6.45, 7) is 12.8. The highest BCUT2D eigenvalue weighted by atomic mass is 32.2. The Bertz CT molecular complexity index is 3630. The molecule has 0 aliphatic rings. The maximum Gasteiger partial charge on any atom is 0.166 e.